The predicted octanol–water partition coefficient (Wildman–Crippen LogP) is 5.44. The zero-order valence-corrected chi connectivity index (χ0v) is 14.4. The molecule has 2 aromatic carbocycles. The minimum absolute atomic E-state index is 0.111. The predicted molar refractivity (Wildman–Crippen MR) is 95.8 cm³/mol. The number of methoxy groups -OCH3 is 1. The van der Waals surface area contributed by atoms with Gasteiger partial charge in [0.2, 0.25) is 11.6 Å². The topological polar surface area (TPSA) is 44.2 Å². The summed E-state index contributed by atoms with van der Waals surface area (Å²) in [6, 6.07) is 12.5. The number of nitrogens with zero attached hydrogens (tertiary/aromatic N) is 2. The lowest BCUT2D eigenvalue weighted by Gasteiger charge is -2.09. The third-order valence-corrected chi connectivity index (χ3v) is 4.63. The number of para-hydroxylation sites is 1. The van der Waals surface area contributed by atoms with Gasteiger partial charge in [-0.15, -0.1) is 11.3 Å². The Balaban J connectivity index is 1.82. The van der Waals surface area contributed by atoms with Crippen molar-refractivity contribution in [2.24, 2.45) is 0 Å². The maximum Gasteiger partial charge on any atom is 0.241 e. The highest BCUT2D eigenvalue weighted by molar-refractivity contribution is 7.17. The molecule has 4 nitrogen and oxygen atoms in total. The monoisotopic (exact) mass is 370 g/mol. The van der Waals surface area contributed by atoms with E-state index in [1.807, 2.05) is 5.38 Å². The van der Waals surface area contributed by atoms with Crippen LogP contribution in [0.25, 0.3) is 21.6 Å². The van der Waals surface area contributed by atoms with Gasteiger partial charge < -0.3 is 9.47 Å². The SMILES string of the molecule is COc1ccc(-c2nc(Oc3c(F)cccc3F)c3sccc3n2)cc1. The minimum Gasteiger partial charge on any atom is -0.497 e. The second kappa shape index (κ2) is 6.68. The summed E-state index contributed by atoms with van der Waals surface area (Å²) in [4.78, 5) is 8.88. The Bertz CT molecular complexity index is 1060. The summed E-state index contributed by atoms with van der Waals surface area (Å²) in [5.41, 5.74) is 1.38. The van der Waals surface area contributed by atoms with Crippen molar-refractivity contribution in [3.63, 3.8) is 0 Å². The second-order valence-electron chi connectivity index (χ2n) is 5.37. The van der Waals surface area contributed by atoms with Crippen LogP contribution >= 0.6 is 11.3 Å². The third-order valence-electron chi connectivity index (χ3n) is 3.74. The normalized spacial score (nSPS) is 10.9. The number of thiophene rings is 1. The number of halogens is 2. The van der Waals surface area contributed by atoms with E-state index in [4.69, 9.17) is 9.47 Å². The van der Waals surface area contributed by atoms with Crippen LogP contribution in [0.15, 0.2) is 53.9 Å². The Morgan fingerprint density at radius 2 is 1.65 bits per heavy atom. The lowest BCUT2D eigenvalue weighted by molar-refractivity contribution is 0.400. The zero-order chi connectivity index (χ0) is 18.1. The van der Waals surface area contributed by atoms with E-state index < -0.39 is 17.4 Å². The number of aromatic nitrogens is 2. The lowest BCUT2D eigenvalue weighted by Crippen LogP contribution is -1.97. The molecule has 26 heavy (non-hydrogen) atoms. The maximum absolute atomic E-state index is 14.0. The van der Waals surface area contributed by atoms with Crippen LogP contribution in [0.3, 0.4) is 0 Å². The molecule has 0 saturated heterocycles. The molecule has 130 valence electrons. The van der Waals surface area contributed by atoms with Gasteiger partial charge in [0.25, 0.3) is 0 Å². The Morgan fingerprint density at radius 1 is 0.923 bits per heavy atom. The van der Waals surface area contributed by atoms with Gasteiger partial charge in [-0.05, 0) is 47.8 Å². The first-order chi connectivity index (χ1) is 12.7. The molecule has 0 atom stereocenters. The van der Waals surface area contributed by atoms with E-state index in [0.717, 1.165) is 17.7 Å². The number of hydrogen-bond acceptors (Lipinski definition) is 5. The first-order valence-corrected chi connectivity index (χ1v) is 8.55. The molecule has 0 spiro atoms. The fourth-order valence-electron chi connectivity index (χ4n) is 2.45. The van der Waals surface area contributed by atoms with E-state index in [2.05, 4.69) is 9.97 Å². The molecule has 0 aliphatic carbocycles. The average Bonchev–Trinajstić information content (AvgIpc) is 3.13. The first-order valence-electron chi connectivity index (χ1n) is 7.67. The smallest absolute Gasteiger partial charge is 0.241 e. The molecule has 2 aromatic heterocycles. The van der Waals surface area contributed by atoms with Gasteiger partial charge in [0.1, 0.15) is 10.4 Å². The van der Waals surface area contributed by atoms with Crippen molar-refractivity contribution in [3.8, 4) is 28.8 Å². The number of ether oxygens (including phenoxy) is 2. The first kappa shape index (κ1) is 16.4. The second-order valence-corrected chi connectivity index (χ2v) is 6.28. The Morgan fingerprint density at radius 3 is 2.35 bits per heavy atom. The minimum atomic E-state index is -0.792. The quantitative estimate of drug-likeness (QED) is 0.480. The summed E-state index contributed by atoms with van der Waals surface area (Å²) in [5.74, 6) is -0.861. The van der Waals surface area contributed by atoms with Gasteiger partial charge in [-0.25, -0.2) is 13.8 Å². The molecule has 0 saturated carbocycles. The number of rotatable bonds is 4. The molecule has 0 fully saturated rings. The third kappa shape index (κ3) is 2.97. The number of benzene rings is 2. The summed E-state index contributed by atoms with van der Waals surface area (Å²) in [6.07, 6.45) is 0. The fraction of sp³-hybridized carbons (Fsp3) is 0.0526. The van der Waals surface area contributed by atoms with Gasteiger partial charge in [0.15, 0.2) is 17.5 Å². The van der Waals surface area contributed by atoms with Crippen molar-refractivity contribution >= 4 is 21.6 Å². The standard InChI is InChI=1S/C19H12F2N2O2S/c1-24-12-7-5-11(6-8-12)18-22-15-9-10-26-17(15)19(23-18)25-16-13(20)3-2-4-14(16)21/h2-10H,1H3. The highest BCUT2D eigenvalue weighted by Gasteiger charge is 2.17. The number of fused-ring (bicyclic) bond motifs is 1. The van der Waals surface area contributed by atoms with E-state index in [9.17, 15) is 8.78 Å². The van der Waals surface area contributed by atoms with E-state index in [1.165, 1.54) is 17.4 Å². The molecule has 4 rings (SSSR count). The highest BCUT2D eigenvalue weighted by atomic mass is 32.1. The molecule has 0 bridgehead atoms. The molecular formula is C19H12F2N2O2S. The van der Waals surface area contributed by atoms with Gasteiger partial charge in [-0.2, -0.15) is 4.98 Å². The highest BCUT2D eigenvalue weighted by Crippen LogP contribution is 2.35. The molecule has 4 aromatic rings. The van der Waals surface area contributed by atoms with Crippen molar-refractivity contribution in [2.45, 2.75) is 0 Å². The van der Waals surface area contributed by atoms with Gasteiger partial charge in [0.05, 0.1) is 12.6 Å². The van der Waals surface area contributed by atoms with E-state index in [-0.39, 0.29) is 5.88 Å². The zero-order valence-electron chi connectivity index (χ0n) is 13.6. The Labute approximate surface area is 151 Å². The van der Waals surface area contributed by atoms with Crippen LogP contribution in [0, 0.1) is 11.6 Å². The van der Waals surface area contributed by atoms with Gasteiger partial charge >= 0.3 is 0 Å². The van der Waals surface area contributed by atoms with Crippen molar-refractivity contribution in [3.05, 3.63) is 65.5 Å². The average molecular weight is 370 g/mol. The summed E-state index contributed by atoms with van der Waals surface area (Å²) >= 11 is 1.34. The molecule has 0 N–H and O–H groups in total. The number of hydrogen-bond donors (Lipinski definition) is 0. The molecule has 0 radical (unpaired) electrons. The molecule has 0 aliphatic heterocycles. The summed E-state index contributed by atoms with van der Waals surface area (Å²) in [6.45, 7) is 0. The van der Waals surface area contributed by atoms with Crippen LogP contribution in [0.4, 0.5) is 8.78 Å². The van der Waals surface area contributed by atoms with Crippen LogP contribution in [0.2, 0.25) is 0 Å². The largest absolute Gasteiger partial charge is 0.497 e. The van der Waals surface area contributed by atoms with Crippen LogP contribution in [0.5, 0.6) is 17.4 Å². The van der Waals surface area contributed by atoms with E-state index in [0.29, 0.717) is 21.8 Å². The van der Waals surface area contributed by atoms with Crippen LogP contribution in [-0.4, -0.2) is 17.1 Å². The van der Waals surface area contributed by atoms with Crippen LogP contribution in [0.1, 0.15) is 0 Å². The Kier molecular flexibility index (Phi) is 4.22. The van der Waals surface area contributed by atoms with Gasteiger partial charge in [-0.1, -0.05) is 6.07 Å². The summed E-state index contributed by atoms with van der Waals surface area (Å²) in [5, 5.41) is 1.82. The van der Waals surface area contributed by atoms with Crippen molar-refractivity contribution < 1.29 is 18.3 Å². The molecular weight excluding hydrogens is 358 g/mol. The van der Waals surface area contributed by atoms with Crippen LogP contribution in [-0.2, 0) is 0 Å². The van der Waals surface area contributed by atoms with Crippen LogP contribution < -0.4 is 9.47 Å². The van der Waals surface area contributed by atoms with Crippen molar-refractivity contribution in [2.75, 3.05) is 7.11 Å². The fourth-order valence-corrected chi connectivity index (χ4v) is 3.21. The van der Waals surface area contributed by atoms with Gasteiger partial charge in [0, 0.05) is 5.56 Å². The summed E-state index contributed by atoms with van der Waals surface area (Å²) in [7, 11) is 1.58. The molecule has 0 unspecified atom stereocenters. The van der Waals surface area contributed by atoms with E-state index >= 15 is 0 Å². The maximum atomic E-state index is 14.0. The van der Waals surface area contributed by atoms with Gasteiger partial charge in [-0.3, -0.25) is 0 Å². The lowest BCUT2D eigenvalue weighted by atomic mass is 10.2. The Hall–Kier alpha value is -3.06. The van der Waals surface area contributed by atoms with Crippen molar-refractivity contribution in [1.29, 1.82) is 0 Å². The molecule has 0 amide bonds. The van der Waals surface area contributed by atoms with E-state index in [1.54, 1.807) is 37.4 Å². The molecule has 2 heterocycles. The molecule has 0 aliphatic rings. The van der Waals surface area contributed by atoms with Crippen molar-refractivity contribution in [1.82, 2.24) is 9.97 Å². The summed E-state index contributed by atoms with van der Waals surface area (Å²) < 4.78 is 39.2. The molecule has 7 heteroatoms.